The van der Waals surface area contributed by atoms with E-state index in [2.05, 4.69) is 44.7 Å². The number of benzene rings is 1. The van der Waals surface area contributed by atoms with Gasteiger partial charge in [0.15, 0.2) is 0 Å². The molecule has 0 saturated heterocycles. The Kier molecular flexibility index (Phi) is 6.56. The molecule has 0 bridgehead atoms. The van der Waals surface area contributed by atoms with E-state index in [-0.39, 0.29) is 17.5 Å². The molecule has 0 heterocycles. The predicted octanol–water partition coefficient (Wildman–Crippen LogP) is 4.61. The zero-order chi connectivity index (χ0) is 18.6. The molecule has 1 aliphatic carbocycles. The lowest BCUT2D eigenvalue weighted by Crippen LogP contribution is -2.43. The molecule has 0 spiro atoms. The molecule has 0 aliphatic heterocycles. The largest absolute Gasteiger partial charge is 0.300 e. The third kappa shape index (κ3) is 4.58. The van der Waals surface area contributed by atoms with Crippen LogP contribution in [0.3, 0.4) is 0 Å². The van der Waals surface area contributed by atoms with E-state index >= 15 is 0 Å². The number of carbonyl (C=O) groups excluding carboxylic acids is 2. The monoisotopic (exact) mass is 343 g/mol. The summed E-state index contributed by atoms with van der Waals surface area (Å²) in [6.45, 7) is 11.8. The minimum Gasteiger partial charge on any atom is -0.300 e. The molecular weight excluding hydrogens is 310 g/mol. The molecular formula is C22H33NO2. The second kappa shape index (κ2) is 8.27. The van der Waals surface area contributed by atoms with Gasteiger partial charge in [-0.05, 0) is 52.1 Å². The first-order valence-corrected chi connectivity index (χ1v) is 9.61. The maximum Gasteiger partial charge on any atom is 0.140 e. The van der Waals surface area contributed by atoms with Crippen LogP contribution in [0.25, 0.3) is 0 Å². The first-order chi connectivity index (χ1) is 11.8. The zero-order valence-electron chi connectivity index (χ0n) is 16.4. The van der Waals surface area contributed by atoms with Crippen LogP contribution in [0.2, 0.25) is 0 Å². The molecule has 3 nitrogen and oxygen atoms in total. The number of Topliss-reactive ketones (excluding diaryl/α,β-unsaturated/α-hetero) is 2. The molecule has 1 saturated carbocycles. The van der Waals surface area contributed by atoms with Gasteiger partial charge in [-0.25, -0.2) is 0 Å². The van der Waals surface area contributed by atoms with Gasteiger partial charge >= 0.3 is 0 Å². The van der Waals surface area contributed by atoms with E-state index in [4.69, 9.17) is 0 Å². The van der Waals surface area contributed by atoms with Crippen molar-refractivity contribution in [2.24, 2.45) is 5.41 Å². The highest BCUT2D eigenvalue weighted by Gasteiger charge is 2.45. The summed E-state index contributed by atoms with van der Waals surface area (Å²) in [5.74, 6) is 0.569. The maximum atomic E-state index is 12.8. The molecule has 2 unspecified atom stereocenters. The van der Waals surface area contributed by atoms with Gasteiger partial charge in [0.2, 0.25) is 0 Å². The topological polar surface area (TPSA) is 37.4 Å². The molecule has 0 N–H and O–H groups in total. The minimum absolute atomic E-state index is 0.0884. The molecule has 1 aliphatic rings. The van der Waals surface area contributed by atoms with Crippen LogP contribution in [0.5, 0.6) is 0 Å². The molecule has 1 aromatic carbocycles. The Morgan fingerprint density at radius 1 is 1.00 bits per heavy atom. The van der Waals surface area contributed by atoms with Crippen molar-refractivity contribution in [3.63, 3.8) is 0 Å². The van der Waals surface area contributed by atoms with E-state index in [0.29, 0.717) is 31.3 Å². The van der Waals surface area contributed by atoms with Crippen LogP contribution < -0.4 is 0 Å². The summed E-state index contributed by atoms with van der Waals surface area (Å²) in [6.07, 6.45) is 2.10. The molecule has 1 fully saturated rings. The second-order valence-corrected chi connectivity index (χ2v) is 8.23. The Balaban J connectivity index is 2.31. The SMILES string of the molecule is CC(C)N(CCC(c1ccccc1)C1(C)CC(=O)CCC1=O)C(C)C. The molecule has 2 atom stereocenters. The number of carbonyl (C=O) groups is 2. The van der Waals surface area contributed by atoms with Gasteiger partial charge in [0, 0.05) is 36.8 Å². The Morgan fingerprint density at radius 3 is 2.16 bits per heavy atom. The third-order valence-corrected chi connectivity index (χ3v) is 5.81. The molecule has 138 valence electrons. The van der Waals surface area contributed by atoms with Gasteiger partial charge in [0.05, 0.1) is 0 Å². The fraction of sp³-hybridized carbons (Fsp3) is 0.636. The van der Waals surface area contributed by atoms with Crippen molar-refractivity contribution in [1.29, 1.82) is 0 Å². The van der Waals surface area contributed by atoms with Crippen LogP contribution in [0.1, 0.15) is 71.8 Å². The van der Waals surface area contributed by atoms with Crippen molar-refractivity contribution in [3.8, 4) is 0 Å². The average molecular weight is 344 g/mol. The van der Waals surface area contributed by atoms with E-state index in [1.807, 2.05) is 25.1 Å². The summed E-state index contributed by atoms with van der Waals surface area (Å²) in [7, 11) is 0. The number of rotatable bonds is 7. The average Bonchev–Trinajstić information content (AvgIpc) is 2.55. The molecule has 0 radical (unpaired) electrons. The van der Waals surface area contributed by atoms with Crippen molar-refractivity contribution in [1.82, 2.24) is 4.90 Å². The fourth-order valence-electron chi connectivity index (χ4n) is 4.38. The van der Waals surface area contributed by atoms with Gasteiger partial charge in [0.1, 0.15) is 11.6 Å². The van der Waals surface area contributed by atoms with Crippen LogP contribution in [-0.2, 0) is 9.59 Å². The number of hydrogen-bond donors (Lipinski definition) is 0. The van der Waals surface area contributed by atoms with Gasteiger partial charge in [-0.15, -0.1) is 0 Å². The summed E-state index contributed by atoms with van der Waals surface area (Å²) < 4.78 is 0. The fourth-order valence-corrected chi connectivity index (χ4v) is 4.38. The van der Waals surface area contributed by atoms with Crippen molar-refractivity contribution >= 4 is 11.6 Å². The highest BCUT2D eigenvalue weighted by Crippen LogP contribution is 2.45. The number of ketones is 2. The molecule has 0 aromatic heterocycles. The Hall–Kier alpha value is -1.48. The smallest absolute Gasteiger partial charge is 0.140 e. The van der Waals surface area contributed by atoms with Crippen LogP contribution in [0.4, 0.5) is 0 Å². The quantitative estimate of drug-likeness (QED) is 0.725. The van der Waals surface area contributed by atoms with Crippen molar-refractivity contribution in [2.45, 2.75) is 78.3 Å². The van der Waals surface area contributed by atoms with Gasteiger partial charge < -0.3 is 0 Å². The lowest BCUT2D eigenvalue weighted by molar-refractivity contribution is -0.139. The van der Waals surface area contributed by atoms with Crippen LogP contribution >= 0.6 is 0 Å². The summed E-state index contributed by atoms with van der Waals surface area (Å²) in [6, 6.07) is 11.2. The molecule has 1 aromatic rings. The normalized spacial score (nSPS) is 22.9. The van der Waals surface area contributed by atoms with Crippen molar-refractivity contribution < 1.29 is 9.59 Å². The highest BCUT2D eigenvalue weighted by molar-refractivity contribution is 5.97. The lowest BCUT2D eigenvalue weighted by Gasteiger charge is -2.41. The minimum atomic E-state index is -0.573. The molecule has 3 heteroatoms. The summed E-state index contributed by atoms with van der Waals surface area (Å²) in [4.78, 5) is 27.4. The Labute approximate surface area is 152 Å². The first kappa shape index (κ1) is 19.8. The summed E-state index contributed by atoms with van der Waals surface area (Å²) in [5, 5.41) is 0. The first-order valence-electron chi connectivity index (χ1n) is 9.61. The second-order valence-electron chi connectivity index (χ2n) is 8.23. The van der Waals surface area contributed by atoms with E-state index < -0.39 is 5.41 Å². The number of hydrogen-bond acceptors (Lipinski definition) is 3. The molecule has 0 amide bonds. The predicted molar refractivity (Wildman–Crippen MR) is 103 cm³/mol. The van der Waals surface area contributed by atoms with Crippen LogP contribution in [0.15, 0.2) is 30.3 Å². The number of nitrogens with zero attached hydrogens (tertiary/aromatic N) is 1. The van der Waals surface area contributed by atoms with Crippen molar-refractivity contribution in [2.75, 3.05) is 6.54 Å². The van der Waals surface area contributed by atoms with Gasteiger partial charge in [0.25, 0.3) is 0 Å². The van der Waals surface area contributed by atoms with Crippen LogP contribution in [-0.4, -0.2) is 35.1 Å². The van der Waals surface area contributed by atoms with E-state index in [1.54, 1.807) is 0 Å². The van der Waals surface area contributed by atoms with Crippen molar-refractivity contribution in [3.05, 3.63) is 35.9 Å². The lowest BCUT2D eigenvalue weighted by atomic mass is 9.63. The van der Waals surface area contributed by atoms with E-state index in [0.717, 1.165) is 13.0 Å². The molecule has 25 heavy (non-hydrogen) atoms. The van der Waals surface area contributed by atoms with Gasteiger partial charge in [-0.3, -0.25) is 14.5 Å². The van der Waals surface area contributed by atoms with Crippen LogP contribution in [0, 0.1) is 5.41 Å². The standard InChI is InChI=1S/C22H33NO2/c1-16(2)23(17(3)4)14-13-20(18-9-7-6-8-10-18)22(5)15-19(24)11-12-21(22)25/h6-10,16-17,20H,11-15H2,1-5H3. The Morgan fingerprint density at radius 2 is 1.60 bits per heavy atom. The van der Waals surface area contributed by atoms with E-state index in [9.17, 15) is 9.59 Å². The third-order valence-electron chi connectivity index (χ3n) is 5.81. The molecule has 2 rings (SSSR count). The van der Waals surface area contributed by atoms with E-state index in [1.165, 1.54) is 5.56 Å². The summed E-state index contributed by atoms with van der Waals surface area (Å²) in [5.41, 5.74) is 0.608. The summed E-state index contributed by atoms with van der Waals surface area (Å²) >= 11 is 0. The van der Waals surface area contributed by atoms with Gasteiger partial charge in [-0.2, -0.15) is 0 Å². The van der Waals surface area contributed by atoms with Gasteiger partial charge in [-0.1, -0.05) is 37.3 Å². The maximum absolute atomic E-state index is 12.8. The highest BCUT2D eigenvalue weighted by atomic mass is 16.1. The zero-order valence-corrected chi connectivity index (χ0v) is 16.4. The Bertz CT molecular complexity index is 585.